The van der Waals surface area contributed by atoms with E-state index in [0.717, 1.165) is 16.7 Å². The van der Waals surface area contributed by atoms with Crippen LogP contribution >= 0.6 is 24.0 Å². The molecule has 1 aliphatic rings. The Kier molecular flexibility index (Phi) is 4.59. The third-order valence-electron chi connectivity index (χ3n) is 2.89. The van der Waals surface area contributed by atoms with Gasteiger partial charge in [0.05, 0.1) is 10.8 Å². The minimum Gasteiger partial charge on any atom is -0.480 e. The zero-order chi connectivity index (χ0) is 15.6. The lowest BCUT2D eigenvalue weighted by molar-refractivity contribution is -0.141. The van der Waals surface area contributed by atoms with Crippen LogP contribution in [0.25, 0.3) is 0 Å². The van der Waals surface area contributed by atoms with Crippen molar-refractivity contribution in [2.24, 2.45) is 0 Å². The van der Waals surface area contributed by atoms with E-state index in [4.69, 9.17) is 22.4 Å². The highest BCUT2D eigenvalue weighted by Crippen LogP contribution is 2.29. The molecule has 0 aromatic heterocycles. The van der Waals surface area contributed by atoms with E-state index in [9.17, 15) is 14.4 Å². The molecule has 0 radical (unpaired) electrons. The maximum absolute atomic E-state index is 12.1. The van der Waals surface area contributed by atoms with Gasteiger partial charge in [-0.3, -0.25) is 14.5 Å². The zero-order valence-corrected chi connectivity index (χ0v) is 12.3. The quantitative estimate of drug-likeness (QED) is 0.786. The standard InChI is InChI=1S/C13H11NO5S2/c15-10(16)6-14-11(17)9(21-13(14)20)5-7-2-1-3-8(4-7)12(18)19/h1-4,9H,5-6H2,(H,15,16)(H,18,19). The van der Waals surface area contributed by atoms with Gasteiger partial charge in [-0.05, 0) is 24.1 Å². The summed E-state index contributed by atoms with van der Waals surface area (Å²) in [5.74, 6) is -2.52. The minimum absolute atomic E-state index is 0.146. The van der Waals surface area contributed by atoms with Gasteiger partial charge in [0, 0.05) is 0 Å². The van der Waals surface area contributed by atoms with E-state index in [-0.39, 0.29) is 15.8 Å². The van der Waals surface area contributed by atoms with Crippen molar-refractivity contribution in [3.05, 3.63) is 35.4 Å². The maximum atomic E-state index is 12.1. The Labute approximate surface area is 129 Å². The molecule has 1 aromatic rings. The van der Waals surface area contributed by atoms with Crippen molar-refractivity contribution in [3.63, 3.8) is 0 Å². The number of hydrogen-bond acceptors (Lipinski definition) is 5. The van der Waals surface area contributed by atoms with Gasteiger partial charge in [0.25, 0.3) is 0 Å². The highest BCUT2D eigenvalue weighted by Gasteiger charge is 2.37. The zero-order valence-electron chi connectivity index (χ0n) is 10.7. The van der Waals surface area contributed by atoms with Crippen LogP contribution in [0.3, 0.4) is 0 Å². The Balaban J connectivity index is 2.12. The average molecular weight is 325 g/mol. The first-order valence-electron chi connectivity index (χ1n) is 5.94. The number of benzene rings is 1. The molecular weight excluding hydrogens is 314 g/mol. The Morgan fingerprint density at radius 1 is 1.33 bits per heavy atom. The van der Waals surface area contributed by atoms with Gasteiger partial charge in [-0.15, -0.1) is 0 Å². The third-order valence-corrected chi connectivity index (χ3v) is 4.48. The fourth-order valence-electron chi connectivity index (χ4n) is 1.95. The van der Waals surface area contributed by atoms with Gasteiger partial charge in [-0.25, -0.2) is 4.79 Å². The largest absolute Gasteiger partial charge is 0.480 e. The number of rotatable bonds is 5. The van der Waals surface area contributed by atoms with E-state index in [2.05, 4.69) is 0 Å². The first-order valence-corrected chi connectivity index (χ1v) is 7.23. The normalized spacial score (nSPS) is 18.1. The fourth-order valence-corrected chi connectivity index (χ4v) is 3.48. The summed E-state index contributed by atoms with van der Waals surface area (Å²) in [6.07, 6.45) is 0.306. The van der Waals surface area contributed by atoms with Crippen LogP contribution in [-0.2, 0) is 16.0 Å². The SMILES string of the molecule is O=C(O)CN1C(=O)C(Cc2cccc(C(=O)O)c2)SC1=S. The van der Waals surface area contributed by atoms with Crippen molar-refractivity contribution in [1.82, 2.24) is 4.90 Å². The maximum Gasteiger partial charge on any atom is 0.335 e. The highest BCUT2D eigenvalue weighted by molar-refractivity contribution is 8.24. The lowest BCUT2D eigenvalue weighted by Crippen LogP contribution is -2.36. The van der Waals surface area contributed by atoms with Crippen LogP contribution in [-0.4, -0.2) is 49.1 Å². The van der Waals surface area contributed by atoms with E-state index in [0.29, 0.717) is 12.0 Å². The first-order chi connectivity index (χ1) is 9.88. The molecule has 1 unspecified atom stereocenters. The average Bonchev–Trinajstić information content (AvgIpc) is 2.66. The molecule has 2 rings (SSSR count). The van der Waals surface area contributed by atoms with Crippen LogP contribution in [0, 0.1) is 0 Å². The third kappa shape index (κ3) is 3.59. The molecule has 8 heteroatoms. The number of carboxylic acids is 2. The van der Waals surface area contributed by atoms with Crippen molar-refractivity contribution in [3.8, 4) is 0 Å². The van der Waals surface area contributed by atoms with Gasteiger partial charge in [-0.1, -0.05) is 36.1 Å². The second-order valence-corrected chi connectivity index (χ2v) is 6.24. The molecule has 1 saturated heterocycles. The lowest BCUT2D eigenvalue weighted by Gasteiger charge is -2.12. The van der Waals surface area contributed by atoms with Crippen molar-refractivity contribution < 1.29 is 24.6 Å². The molecule has 1 aliphatic heterocycles. The molecule has 1 amide bonds. The van der Waals surface area contributed by atoms with Crippen molar-refractivity contribution >= 4 is 46.1 Å². The van der Waals surface area contributed by atoms with E-state index in [1.807, 2.05) is 0 Å². The van der Waals surface area contributed by atoms with Gasteiger partial charge < -0.3 is 10.2 Å². The number of thioether (sulfide) groups is 1. The summed E-state index contributed by atoms with van der Waals surface area (Å²) in [5.41, 5.74) is 0.841. The number of aromatic carboxylic acids is 1. The summed E-state index contributed by atoms with van der Waals surface area (Å²) in [6, 6.07) is 6.30. The van der Waals surface area contributed by atoms with Crippen molar-refractivity contribution in [2.45, 2.75) is 11.7 Å². The van der Waals surface area contributed by atoms with Crippen LogP contribution in [0.2, 0.25) is 0 Å². The van der Waals surface area contributed by atoms with Crippen LogP contribution < -0.4 is 0 Å². The number of thiocarbonyl (C=S) groups is 1. The van der Waals surface area contributed by atoms with Crippen molar-refractivity contribution in [1.29, 1.82) is 0 Å². The molecule has 110 valence electrons. The second kappa shape index (κ2) is 6.23. The smallest absolute Gasteiger partial charge is 0.335 e. The Morgan fingerprint density at radius 3 is 2.67 bits per heavy atom. The number of nitrogens with zero attached hydrogens (tertiary/aromatic N) is 1. The first kappa shape index (κ1) is 15.5. The van der Waals surface area contributed by atoms with Gasteiger partial charge >= 0.3 is 11.9 Å². The summed E-state index contributed by atoms with van der Waals surface area (Å²) >= 11 is 6.14. The number of aliphatic carboxylic acids is 1. The summed E-state index contributed by atoms with van der Waals surface area (Å²) in [6.45, 7) is -0.448. The van der Waals surface area contributed by atoms with Crippen LogP contribution in [0.15, 0.2) is 24.3 Å². The van der Waals surface area contributed by atoms with Gasteiger partial charge in [0.15, 0.2) is 0 Å². The topological polar surface area (TPSA) is 94.9 Å². The van der Waals surface area contributed by atoms with Crippen LogP contribution in [0.4, 0.5) is 0 Å². The predicted molar refractivity (Wildman–Crippen MR) is 80.4 cm³/mol. The molecule has 0 aliphatic carbocycles. The summed E-state index contributed by atoms with van der Waals surface area (Å²) in [4.78, 5) is 34.8. The van der Waals surface area contributed by atoms with Gasteiger partial charge in [-0.2, -0.15) is 0 Å². The lowest BCUT2D eigenvalue weighted by atomic mass is 10.1. The molecule has 2 N–H and O–H groups in total. The Hall–Kier alpha value is -1.93. The number of hydrogen-bond donors (Lipinski definition) is 2. The number of carbonyl (C=O) groups is 3. The molecule has 0 bridgehead atoms. The van der Waals surface area contributed by atoms with Crippen LogP contribution in [0.1, 0.15) is 15.9 Å². The van der Waals surface area contributed by atoms with E-state index >= 15 is 0 Å². The summed E-state index contributed by atoms with van der Waals surface area (Å²) < 4.78 is 0.238. The minimum atomic E-state index is -1.13. The molecule has 21 heavy (non-hydrogen) atoms. The molecule has 6 nitrogen and oxygen atoms in total. The molecule has 0 spiro atoms. The number of carboxylic acid groups (broad SMARTS) is 2. The molecule has 0 saturated carbocycles. The number of carbonyl (C=O) groups excluding carboxylic acids is 1. The molecule has 1 aromatic carbocycles. The molecule has 1 atom stereocenters. The van der Waals surface area contributed by atoms with Gasteiger partial charge in [0.2, 0.25) is 5.91 Å². The van der Waals surface area contributed by atoms with Crippen LogP contribution in [0.5, 0.6) is 0 Å². The van der Waals surface area contributed by atoms with Crippen molar-refractivity contribution in [2.75, 3.05) is 6.54 Å². The fraction of sp³-hybridized carbons (Fsp3) is 0.231. The van der Waals surface area contributed by atoms with Gasteiger partial charge in [0.1, 0.15) is 10.9 Å². The second-order valence-electron chi connectivity index (χ2n) is 4.40. The van der Waals surface area contributed by atoms with E-state index in [1.165, 1.54) is 12.1 Å². The number of amides is 1. The summed E-state index contributed by atoms with van der Waals surface area (Å²) in [5, 5.41) is 17.2. The monoisotopic (exact) mass is 325 g/mol. The van der Waals surface area contributed by atoms with E-state index in [1.54, 1.807) is 12.1 Å². The summed E-state index contributed by atoms with van der Waals surface area (Å²) in [7, 11) is 0. The highest BCUT2D eigenvalue weighted by atomic mass is 32.2. The van der Waals surface area contributed by atoms with E-state index < -0.39 is 23.7 Å². The predicted octanol–water partition coefficient (Wildman–Crippen LogP) is 1.24. The Morgan fingerprint density at radius 2 is 2.05 bits per heavy atom. The molecule has 1 fully saturated rings. The Bertz CT molecular complexity index is 631. The molecule has 1 heterocycles. The molecular formula is C13H11NO5S2.